The molecule has 0 saturated carbocycles. The Balaban J connectivity index is -0.0000000150. The van der Waals surface area contributed by atoms with Gasteiger partial charge in [0.05, 0.1) is 0 Å². The van der Waals surface area contributed by atoms with Crippen molar-refractivity contribution in [2.45, 2.75) is 0 Å². The van der Waals surface area contributed by atoms with E-state index in [0.29, 0.717) is 0 Å². The Morgan fingerprint density at radius 2 is 1.50 bits per heavy atom. The van der Waals surface area contributed by atoms with Crippen LogP contribution >= 0.6 is 0 Å². The van der Waals surface area contributed by atoms with Crippen LogP contribution in [0, 0.1) is 0 Å². The van der Waals surface area contributed by atoms with Crippen LogP contribution in [0.1, 0.15) is 1.43 Å². The molecule has 0 heterocycles. The van der Waals surface area contributed by atoms with E-state index in [0.717, 1.165) is 0 Å². The van der Waals surface area contributed by atoms with Crippen molar-refractivity contribution in [2.24, 2.45) is 0 Å². The van der Waals surface area contributed by atoms with E-state index in [1.807, 2.05) is 0 Å². The summed E-state index contributed by atoms with van der Waals surface area (Å²) < 4.78 is 0. The first kappa shape index (κ1) is 15.8. The molecule has 2 N–H and O–H groups in total. The molecule has 0 amide bonds. The van der Waals surface area contributed by atoms with E-state index in [1.54, 1.807) is 0 Å². The first-order valence-corrected chi connectivity index (χ1v) is 0.651. The zero-order chi connectivity index (χ0) is 3.58. The van der Waals surface area contributed by atoms with Crippen molar-refractivity contribution < 1.29 is 46.0 Å². The van der Waals surface area contributed by atoms with E-state index >= 15 is 0 Å². The Labute approximate surface area is 69.3 Å². The van der Waals surface area contributed by atoms with Gasteiger partial charge < -0.3 is 10.2 Å². The summed E-state index contributed by atoms with van der Waals surface area (Å²) in [6, 6.07) is 0. The van der Waals surface area contributed by atoms with E-state index in [1.165, 1.54) is 0 Å². The first-order chi connectivity index (χ1) is 1.73. The molecular weight excluding hydrogens is 110 g/mol. The van der Waals surface area contributed by atoms with Gasteiger partial charge in [-0.3, -0.25) is 0 Å². The first-order valence-electron chi connectivity index (χ1n) is 0.651. The Bertz CT molecular complexity index is 37.9. The summed E-state index contributed by atoms with van der Waals surface area (Å²) in [6.07, 6.45) is -1.83. The Morgan fingerprint density at radius 3 is 1.50 bits per heavy atom. The van der Waals surface area contributed by atoms with Gasteiger partial charge in [0.1, 0.15) is 0 Å². The van der Waals surface area contributed by atoms with Gasteiger partial charge in [0.15, 0.2) is 0 Å². The minimum absolute atomic E-state index is 0. The Morgan fingerprint density at radius 1 is 1.50 bits per heavy atom. The standard InChI is InChI=1S/CH2O3.Al.Na/c2-1(3)4;;/h(H2,2,3,4);;/q;+3;+1/p+1. The fourth-order valence-corrected chi connectivity index (χ4v) is 0. The van der Waals surface area contributed by atoms with Crippen LogP contribution in [-0.2, 0) is 0 Å². The normalized spacial score (nSPS) is 4.00. The molecule has 0 unspecified atom stereocenters. The Hall–Kier alpha value is 0.802. The molecule has 0 bridgehead atoms. The van der Waals surface area contributed by atoms with Crippen LogP contribution in [0.15, 0.2) is 0 Å². The minimum Gasteiger partial charge on any atom is -0.450 e. The largest absolute Gasteiger partial charge is 3.00 e. The van der Waals surface area contributed by atoms with E-state index in [9.17, 15) is 0 Å². The minimum atomic E-state index is -1.83. The zero-order valence-electron chi connectivity index (χ0n) is 4.38. The SMILES string of the molecule is O=C(O)O.[Al+3].[H+].[Na+]. The molecule has 0 rings (SSSR count). The van der Waals surface area contributed by atoms with Crippen molar-refractivity contribution in [1.82, 2.24) is 0 Å². The van der Waals surface area contributed by atoms with Crippen molar-refractivity contribution in [1.29, 1.82) is 0 Å². The van der Waals surface area contributed by atoms with Gasteiger partial charge in [0, 0.05) is 0 Å². The molecule has 0 spiro atoms. The second-order valence-electron chi connectivity index (χ2n) is 0.283. The summed E-state index contributed by atoms with van der Waals surface area (Å²) in [6.45, 7) is 0. The summed E-state index contributed by atoms with van der Waals surface area (Å²) in [7, 11) is 0. The third kappa shape index (κ3) is 108. The van der Waals surface area contributed by atoms with Crippen LogP contribution < -0.4 is 29.6 Å². The number of rotatable bonds is 0. The van der Waals surface area contributed by atoms with Crippen molar-refractivity contribution in [2.75, 3.05) is 0 Å². The van der Waals surface area contributed by atoms with E-state index in [2.05, 4.69) is 0 Å². The van der Waals surface area contributed by atoms with E-state index in [-0.39, 0.29) is 48.3 Å². The number of hydrogen-bond acceptors (Lipinski definition) is 1. The number of carbonyl (C=O) groups is 1. The second kappa shape index (κ2) is 9.26. The Kier molecular flexibility index (Phi) is 24.4. The van der Waals surface area contributed by atoms with Gasteiger partial charge in [0.25, 0.3) is 0 Å². The second-order valence-corrected chi connectivity index (χ2v) is 0.283. The van der Waals surface area contributed by atoms with Gasteiger partial charge >= 0.3 is 54.5 Å². The molecule has 0 aromatic carbocycles. The van der Waals surface area contributed by atoms with Gasteiger partial charge in [-0.15, -0.1) is 0 Å². The molecule has 0 aromatic heterocycles. The predicted octanol–water partition coefficient (Wildman–Crippen LogP) is -3.04. The summed E-state index contributed by atoms with van der Waals surface area (Å²) in [5, 5.41) is 13.9. The number of hydrogen-bond donors (Lipinski definition) is 2. The van der Waals surface area contributed by atoms with Crippen LogP contribution in [0.2, 0.25) is 0 Å². The van der Waals surface area contributed by atoms with Crippen molar-refractivity contribution in [3.63, 3.8) is 0 Å². The topological polar surface area (TPSA) is 57.5 Å². The number of carboxylic acid groups (broad SMARTS) is 2. The monoisotopic (exact) mass is 113 g/mol. The molecule has 0 fully saturated rings. The molecule has 6 heavy (non-hydrogen) atoms. The van der Waals surface area contributed by atoms with Crippen LogP contribution in [-0.4, -0.2) is 33.7 Å². The fourth-order valence-electron chi connectivity index (χ4n) is 0. The van der Waals surface area contributed by atoms with Crippen molar-refractivity contribution >= 4 is 23.5 Å². The van der Waals surface area contributed by atoms with E-state index in [4.69, 9.17) is 15.0 Å². The maximum absolute atomic E-state index is 8.56. The van der Waals surface area contributed by atoms with Gasteiger partial charge in [-0.2, -0.15) is 0 Å². The third-order valence-electron chi connectivity index (χ3n) is 0. The molecule has 0 aliphatic heterocycles. The summed E-state index contributed by atoms with van der Waals surface area (Å²) in [5.41, 5.74) is 0. The van der Waals surface area contributed by atoms with Crippen LogP contribution in [0.5, 0.6) is 0 Å². The summed E-state index contributed by atoms with van der Waals surface area (Å²) in [5.74, 6) is 0. The predicted molar refractivity (Wildman–Crippen MR) is 17.5 cm³/mol. The van der Waals surface area contributed by atoms with Gasteiger partial charge in [-0.05, 0) is 0 Å². The molecule has 0 radical (unpaired) electrons. The summed E-state index contributed by atoms with van der Waals surface area (Å²) in [4.78, 5) is 8.56. The van der Waals surface area contributed by atoms with Crippen LogP contribution in [0.3, 0.4) is 0 Å². The van der Waals surface area contributed by atoms with Gasteiger partial charge in [0.2, 0.25) is 0 Å². The van der Waals surface area contributed by atoms with Crippen molar-refractivity contribution in [3.05, 3.63) is 0 Å². The molecule has 0 aliphatic carbocycles. The quantitative estimate of drug-likeness (QED) is 0.328. The van der Waals surface area contributed by atoms with Gasteiger partial charge in [-0.1, -0.05) is 0 Å². The molecule has 0 saturated heterocycles. The van der Waals surface area contributed by atoms with E-state index < -0.39 is 6.16 Å². The smallest absolute Gasteiger partial charge is 0.450 e. The molecular formula is CH3AlNaO3+5. The molecule has 0 aromatic rings. The average Bonchev–Trinajstić information content (AvgIpc) is 0.811. The molecule has 0 aliphatic rings. The molecule has 0 atom stereocenters. The maximum Gasteiger partial charge on any atom is 3.00 e. The average molecular weight is 113 g/mol. The molecule has 5 heteroatoms. The molecule has 3 nitrogen and oxygen atoms in total. The third-order valence-corrected chi connectivity index (χ3v) is 0. The summed E-state index contributed by atoms with van der Waals surface area (Å²) >= 11 is 0. The zero-order valence-corrected chi connectivity index (χ0v) is 6.53. The van der Waals surface area contributed by atoms with Crippen LogP contribution in [0.25, 0.3) is 0 Å². The fraction of sp³-hybridized carbons (Fsp3) is 0. The van der Waals surface area contributed by atoms with Gasteiger partial charge in [-0.25, -0.2) is 4.79 Å². The molecule has 24 valence electrons. The van der Waals surface area contributed by atoms with Crippen molar-refractivity contribution in [3.8, 4) is 0 Å². The van der Waals surface area contributed by atoms with Crippen LogP contribution in [0.4, 0.5) is 4.79 Å². The maximum atomic E-state index is 8.56.